The van der Waals surface area contributed by atoms with Crippen molar-refractivity contribution in [1.82, 2.24) is 19.6 Å². The van der Waals surface area contributed by atoms with Crippen LogP contribution in [-0.4, -0.2) is 54.0 Å². The van der Waals surface area contributed by atoms with Crippen LogP contribution in [0.1, 0.15) is 27.5 Å². The summed E-state index contributed by atoms with van der Waals surface area (Å²) in [6, 6.07) is 24.9. The van der Waals surface area contributed by atoms with Crippen molar-refractivity contribution in [3.8, 4) is 0 Å². The summed E-state index contributed by atoms with van der Waals surface area (Å²) >= 11 is 0. The van der Waals surface area contributed by atoms with E-state index in [0.29, 0.717) is 10.9 Å². The summed E-state index contributed by atoms with van der Waals surface area (Å²) in [6.45, 7) is 1.75. The molecule has 0 bridgehead atoms. The second kappa shape index (κ2) is 9.81. The maximum atomic E-state index is 13.2. The SMILES string of the molecule is O=C(O)c1c[nH]c2c(=O)[nH]c3ccc(S(=O)(=O)NCC4CN(C(c5ccccc5)c5ccccc5)C4)cc3c12. The number of pyridine rings is 1. The average Bonchev–Trinajstić information content (AvgIpc) is 3.37. The Morgan fingerprint density at radius 1 is 1.00 bits per heavy atom. The van der Waals surface area contributed by atoms with Gasteiger partial charge in [0.25, 0.3) is 5.56 Å². The van der Waals surface area contributed by atoms with Gasteiger partial charge >= 0.3 is 5.97 Å². The van der Waals surface area contributed by atoms with Gasteiger partial charge in [-0.1, -0.05) is 60.7 Å². The van der Waals surface area contributed by atoms with Gasteiger partial charge in [-0.2, -0.15) is 0 Å². The predicted octanol–water partition coefficient (Wildman–Crippen LogP) is 3.71. The van der Waals surface area contributed by atoms with Gasteiger partial charge in [0.1, 0.15) is 5.52 Å². The molecule has 3 heterocycles. The smallest absolute Gasteiger partial charge is 0.337 e. The molecule has 1 aliphatic heterocycles. The van der Waals surface area contributed by atoms with E-state index < -0.39 is 21.6 Å². The van der Waals surface area contributed by atoms with E-state index in [1.54, 1.807) is 0 Å². The first-order valence-electron chi connectivity index (χ1n) is 12.6. The number of carboxylic acids is 1. The lowest BCUT2D eigenvalue weighted by Gasteiger charge is -2.45. The third-order valence-electron chi connectivity index (χ3n) is 7.30. The Labute approximate surface area is 224 Å². The lowest BCUT2D eigenvalue weighted by atomic mass is 9.90. The molecule has 1 aliphatic rings. The summed E-state index contributed by atoms with van der Waals surface area (Å²) < 4.78 is 29.2. The Morgan fingerprint density at radius 3 is 2.26 bits per heavy atom. The highest BCUT2D eigenvalue weighted by Crippen LogP contribution is 2.34. The quantitative estimate of drug-likeness (QED) is 0.236. The number of likely N-dealkylation sites (tertiary alicyclic amines) is 1. The zero-order valence-electron chi connectivity index (χ0n) is 20.8. The molecule has 0 amide bonds. The van der Waals surface area contributed by atoms with E-state index in [-0.39, 0.29) is 39.9 Å². The number of fused-ring (bicyclic) bond motifs is 3. The lowest BCUT2D eigenvalue weighted by molar-refractivity contribution is 0.0699. The molecule has 6 rings (SSSR count). The van der Waals surface area contributed by atoms with Crippen molar-refractivity contribution in [2.24, 2.45) is 5.92 Å². The highest BCUT2D eigenvalue weighted by Gasteiger charge is 2.34. The van der Waals surface area contributed by atoms with E-state index in [2.05, 4.69) is 43.9 Å². The van der Waals surface area contributed by atoms with E-state index in [1.165, 1.54) is 35.5 Å². The standard InChI is InChI=1S/C29H26N4O5S/c34-28-26-25(23(15-30-26)29(35)36)22-13-21(11-12-24(22)32-28)39(37,38)31-14-18-16-33(17-18)27(19-7-3-1-4-8-19)20-9-5-2-6-10-20/h1-13,15,18,27,30-31H,14,16-17H2,(H,32,34)(H,35,36). The minimum absolute atomic E-state index is 0.00325. The number of aromatic amines is 2. The van der Waals surface area contributed by atoms with E-state index in [4.69, 9.17) is 0 Å². The van der Waals surface area contributed by atoms with Gasteiger partial charge in [0, 0.05) is 42.1 Å². The first-order valence-corrected chi connectivity index (χ1v) is 14.0. The van der Waals surface area contributed by atoms with Crippen LogP contribution >= 0.6 is 0 Å². The number of nitrogens with zero attached hydrogens (tertiary/aromatic N) is 1. The number of aromatic carboxylic acids is 1. The van der Waals surface area contributed by atoms with Gasteiger partial charge in [0.05, 0.1) is 16.5 Å². The fraction of sp³-hybridized carbons (Fsp3) is 0.172. The summed E-state index contributed by atoms with van der Waals surface area (Å²) in [5.41, 5.74) is 2.25. The van der Waals surface area contributed by atoms with Gasteiger partial charge in [-0.3, -0.25) is 9.69 Å². The van der Waals surface area contributed by atoms with Crippen LogP contribution in [-0.2, 0) is 10.0 Å². The van der Waals surface area contributed by atoms with Crippen LogP contribution in [0.2, 0.25) is 0 Å². The van der Waals surface area contributed by atoms with Crippen LogP contribution in [0.25, 0.3) is 21.8 Å². The van der Waals surface area contributed by atoms with Crippen LogP contribution in [0, 0.1) is 5.92 Å². The van der Waals surface area contributed by atoms with Crippen LogP contribution in [0.3, 0.4) is 0 Å². The van der Waals surface area contributed by atoms with E-state index in [1.807, 2.05) is 36.4 Å². The highest BCUT2D eigenvalue weighted by molar-refractivity contribution is 7.89. The Balaban J connectivity index is 1.21. The Bertz CT molecular complexity index is 1800. The molecule has 10 heteroatoms. The van der Waals surface area contributed by atoms with Crippen molar-refractivity contribution in [2.45, 2.75) is 10.9 Å². The maximum absolute atomic E-state index is 13.2. The Hall–Kier alpha value is -4.25. The van der Waals surface area contributed by atoms with Crippen molar-refractivity contribution >= 4 is 37.8 Å². The molecule has 0 saturated carbocycles. The molecule has 0 atom stereocenters. The second-order valence-electron chi connectivity index (χ2n) is 9.81. The van der Waals surface area contributed by atoms with Gasteiger partial charge in [-0.25, -0.2) is 17.9 Å². The Kier molecular flexibility index (Phi) is 6.30. The molecule has 2 aromatic heterocycles. The predicted molar refractivity (Wildman–Crippen MR) is 148 cm³/mol. The number of benzene rings is 3. The number of H-pyrrole nitrogens is 2. The lowest BCUT2D eigenvalue weighted by Crippen LogP contribution is -2.52. The third kappa shape index (κ3) is 4.63. The molecule has 1 fully saturated rings. The first-order chi connectivity index (χ1) is 18.8. The first kappa shape index (κ1) is 25.1. The van der Waals surface area contributed by atoms with Gasteiger partial charge in [0.2, 0.25) is 10.0 Å². The van der Waals surface area contributed by atoms with E-state index in [9.17, 15) is 23.1 Å². The number of hydrogen-bond acceptors (Lipinski definition) is 5. The number of hydrogen-bond donors (Lipinski definition) is 4. The molecular formula is C29H26N4O5S. The van der Waals surface area contributed by atoms with Gasteiger partial charge in [0.15, 0.2) is 0 Å². The number of sulfonamides is 1. The number of carbonyl (C=O) groups is 1. The molecular weight excluding hydrogens is 516 g/mol. The summed E-state index contributed by atoms with van der Waals surface area (Å²) in [7, 11) is -3.88. The molecule has 0 radical (unpaired) electrons. The molecule has 9 nitrogen and oxygen atoms in total. The number of carboxylic acid groups (broad SMARTS) is 1. The number of aromatic nitrogens is 2. The third-order valence-corrected chi connectivity index (χ3v) is 8.72. The van der Waals surface area contributed by atoms with E-state index >= 15 is 0 Å². The summed E-state index contributed by atoms with van der Waals surface area (Å²) in [5.74, 6) is -1.07. The molecule has 5 aromatic rings. The van der Waals surface area contributed by atoms with Gasteiger partial charge in [-0.05, 0) is 35.2 Å². The average molecular weight is 543 g/mol. The molecule has 0 spiro atoms. The second-order valence-corrected chi connectivity index (χ2v) is 11.6. The minimum atomic E-state index is -3.88. The number of rotatable bonds is 8. The zero-order chi connectivity index (χ0) is 27.1. The van der Waals surface area contributed by atoms with Crippen LogP contribution in [0.5, 0.6) is 0 Å². The monoisotopic (exact) mass is 542 g/mol. The minimum Gasteiger partial charge on any atom is -0.478 e. The largest absolute Gasteiger partial charge is 0.478 e. The summed E-state index contributed by atoms with van der Waals surface area (Å²) in [6.07, 6.45) is 1.24. The Morgan fingerprint density at radius 2 is 1.64 bits per heavy atom. The fourth-order valence-corrected chi connectivity index (χ4v) is 6.53. The highest BCUT2D eigenvalue weighted by atomic mass is 32.2. The van der Waals surface area contributed by atoms with Gasteiger partial charge in [-0.15, -0.1) is 0 Å². The van der Waals surface area contributed by atoms with Crippen molar-refractivity contribution in [1.29, 1.82) is 0 Å². The molecule has 198 valence electrons. The summed E-state index contributed by atoms with van der Waals surface area (Å²) in [5, 5.41) is 10.1. The van der Waals surface area contributed by atoms with Crippen LogP contribution < -0.4 is 10.3 Å². The van der Waals surface area contributed by atoms with Crippen molar-refractivity contribution < 1.29 is 18.3 Å². The molecule has 3 aromatic carbocycles. The molecule has 0 aliphatic carbocycles. The fourth-order valence-electron chi connectivity index (χ4n) is 5.39. The molecule has 39 heavy (non-hydrogen) atoms. The van der Waals surface area contributed by atoms with Gasteiger partial charge < -0.3 is 15.1 Å². The normalized spacial score (nSPS) is 14.7. The van der Waals surface area contributed by atoms with Crippen LogP contribution in [0.4, 0.5) is 0 Å². The van der Waals surface area contributed by atoms with Crippen molar-refractivity contribution in [3.05, 3.63) is 112 Å². The van der Waals surface area contributed by atoms with E-state index in [0.717, 1.165) is 13.1 Å². The van der Waals surface area contributed by atoms with Crippen molar-refractivity contribution in [2.75, 3.05) is 19.6 Å². The number of nitrogens with one attached hydrogen (secondary N) is 3. The summed E-state index contributed by atoms with van der Waals surface area (Å²) in [4.78, 5) is 31.8. The van der Waals surface area contributed by atoms with Crippen molar-refractivity contribution in [3.63, 3.8) is 0 Å². The van der Waals surface area contributed by atoms with Crippen LogP contribution in [0.15, 0.2) is 94.7 Å². The molecule has 1 saturated heterocycles. The zero-order valence-corrected chi connectivity index (χ0v) is 21.6. The molecule has 4 N–H and O–H groups in total. The topological polar surface area (TPSA) is 135 Å². The molecule has 0 unspecified atom stereocenters. The maximum Gasteiger partial charge on any atom is 0.337 e.